The Morgan fingerprint density at radius 3 is 1.92 bits per heavy atom. The SMILES string of the molecule is COc1ccc(/C(NN)=C(/N)c2cc(OC)c(OC)cc2OC)cc1O. The van der Waals surface area contributed by atoms with Gasteiger partial charge in [0.2, 0.25) is 0 Å². The predicted molar refractivity (Wildman–Crippen MR) is 99.1 cm³/mol. The standard InChI is InChI=1S/C18H23N3O5/c1-23-13-6-5-10(7-12(13)22)18(21-20)17(19)11-8-15(25-3)16(26-4)9-14(11)24-2/h5-9,21-22H,19-20H2,1-4H3/b18-17-. The molecule has 26 heavy (non-hydrogen) atoms. The number of nitrogens with one attached hydrogen (secondary N) is 1. The average molecular weight is 361 g/mol. The van der Waals surface area contributed by atoms with Crippen LogP contribution in [0.1, 0.15) is 11.1 Å². The number of rotatable bonds is 7. The zero-order valence-electron chi connectivity index (χ0n) is 15.1. The summed E-state index contributed by atoms with van der Waals surface area (Å²) in [7, 11) is 6.04. The van der Waals surface area contributed by atoms with Gasteiger partial charge in [-0.3, -0.25) is 5.84 Å². The maximum atomic E-state index is 10.0. The molecule has 0 saturated heterocycles. The van der Waals surface area contributed by atoms with E-state index in [1.54, 1.807) is 24.3 Å². The van der Waals surface area contributed by atoms with Gasteiger partial charge in [0, 0.05) is 17.2 Å². The summed E-state index contributed by atoms with van der Waals surface area (Å²) in [6, 6.07) is 8.18. The second-order valence-electron chi connectivity index (χ2n) is 5.23. The van der Waals surface area contributed by atoms with Crippen molar-refractivity contribution in [3.8, 4) is 28.7 Å². The van der Waals surface area contributed by atoms with Crippen LogP contribution >= 0.6 is 0 Å². The van der Waals surface area contributed by atoms with E-state index in [-0.39, 0.29) is 5.75 Å². The molecule has 0 fully saturated rings. The van der Waals surface area contributed by atoms with Crippen LogP contribution in [0, 0.1) is 0 Å². The molecule has 0 aliphatic heterocycles. The summed E-state index contributed by atoms with van der Waals surface area (Å²) in [6.45, 7) is 0. The van der Waals surface area contributed by atoms with Gasteiger partial charge in [-0.2, -0.15) is 0 Å². The fraction of sp³-hybridized carbons (Fsp3) is 0.222. The van der Waals surface area contributed by atoms with Crippen molar-refractivity contribution >= 4 is 11.4 Å². The van der Waals surface area contributed by atoms with Gasteiger partial charge in [-0.25, -0.2) is 0 Å². The van der Waals surface area contributed by atoms with E-state index in [2.05, 4.69) is 5.43 Å². The molecule has 0 aliphatic carbocycles. The largest absolute Gasteiger partial charge is 0.504 e. The van der Waals surface area contributed by atoms with Crippen molar-refractivity contribution in [1.29, 1.82) is 0 Å². The number of benzene rings is 2. The molecule has 6 N–H and O–H groups in total. The summed E-state index contributed by atoms with van der Waals surface area (Å²) in [5.41, 5.74) is 10.7. The minimum Gasteiger partial charge on any atom is -0.504 e. The zero-order valence-corrected chi connectivity index (χ0v) is 15.1. The normalized spacial score (nSPS) is 11.4. The average Bonchev–Trinajstić information content (AvgIpc) is 2.67. The third-order valence-electron chi connectivity index (χ3n) is 3.88. The van der Waals surface area contributed by atoms with Crippen LogP contribution in [0.25, 0.3) is 11.4 Å². The van der Waals surface area contributed by atoms with Crippen LogP contribution in [-0.2, 0) is 0 Å². The Morgan fingerprint density at radius 2 is 1.42 bits per heavy atom. The van der Waals surface area contributed by atoms with Gasteiger partial charge in [0.1, 0.15) is 5.75 Å². The van der Waals surface area contributed by atoms with Crippen molar-refractivity contribution in [2.45, 2.75) is 0 Å². The minimum absolute atomic E-state index is 0.0372. The molecule has 140 valence electrons. The summed E-state index contributed by atoms with van der Waals surface area (Å²) in [5.74, 6) is 7.46. The molecule has 0 atom stereocenters. The van der Waals surface area contributed by atoms with E-state index in [1.165, 1.54) is 34.5 Å². The van der Waals surface area contributed by atoms with E-state index in [1.807, 2.05) is 0 Å². The zero-order chi connectivity index (χ0) is 19.3. The highest BCUT2D eigenvalue weighted by atomic mass is 16.5. The highest BCUT2D eigenvalue weighted by Crippen LogP contribution is 2.38. The lowest BCUT2D eigenvalue weighted by molar-refractivity contribution is 0.348. The highest BCUT2D eigenvalue weighted by molar-refractivity contribution is 5.91. The fourth-order valence-electron chi connectivity index (χ4n) is 2.54. The molecule has 2 aromatic carbocycles. The summed E-state index contributed by atoms with van der Waals surface area (Å²) in [4.78, 5) is 0. The first-order valence-electron chi connectivity index (χ1n) is 7.64. The first kappa shape index (κ1) is 19.1. The molecular weight excluding hydrogens is 338 g/mol. The van der Waals surface area contributed by atoms with Crippen molar-refractivity contribution < 1.29 is 24.1 Å². The molecule has 0 spiro atoms. The van der Waals surface area contributed by atoms with Crippen LogP contribution in [0.4, 0.5) is 0 Å². The van der Waals surface area contributed by atoms with Gasteiger partial charge in [0.05, 0.1) is 39.8 Å². The third-order valence-corrected chi connectivity index (χ3v) is 3.88. The maximum absolute atomic E-state index is 10.0. The fourth-order valence-corrected chi connectivity index (χ4v) is 2.54. The number of aromatic hydroxyl groups is 1. The molecule has 0 bridgehead atoms. The molecule has 8 heteroatoms. The third kappa shape index (κ3) is 3.55. The smallest absolute Gasteiger partial charge is 0.164 e. The van der Waals surface area contributed by atoms with Crippen LogP contribution < -0.4 is 35.9 Å². The molecular formula is C18H23N3O5. The summed E-state index contributed by atoms with van der Waals surface area (Å²) >= 11 is 0. The van der Waals surface area contributed by atoms with E-state index in [0.29, 0.717) is 45.5 Å². The molecule has 0 saturated carbocycles. The van der Waals surface area contributed by atoms with Gasteiger partial charge in [-0.1, -0.05) is 0 Å². The van der Waals surface area contributed by atoms with Crippen LogP contribution in [-0.4, -0.2) is 33.5 Å². The lowest BCUT2D eigenvalue weighted by atomic mass is 10.0. The van der Waals surface area contributed by atoms with Crippen molar-refractivity contribution in [3.63, 3.8) is 0 Å². The van der Waals surface area contributed by atoms with Crippen molar-refractivity contribution in [2.24, 2.45) is 11.6 Å². The van der Waals surface area contributed by atoms with Crippen molar-refractivity contribution in [2.75, 3.05) is 28.4 Å². The van der Waals surface area contributed by atoms with E-state index in [9.17, 15) is 5.11 Å². The number of hydrogen-bond donors (Lipinski definition) is 4. The first-order valence-corrected chi connectivity index (χ1v) is 7.64. The van der Waals surface area contributed by atoms with Crippen LogP contribution in [0.3, 0.4) is 0 Å². The molecule has 2 aromatic rings. The molecule has 0 radical (unpaired) electrons. The van der Waals surface area contributed by atoms with Gasteiger partial charge < -0.3 is 35.2 Å². The molecule has 0 aromatic heterocycles. The minimum atomic E-state index is -0.0372. The Kier molecular flexibility index (Phi) is 6.03. The van der Waals surface area contributed by atoms with Gasteiger partial charge >= 0.3 is 0 Å². The van der Waals surface area contributed by atoms with Crippen molar-refractivity contribution in [3.05, 3.63) is 41.5 Å². The summed E-state index contributed by atoms with van der Waals surface area (Å²) in [5, 5.41) is 10.0. The van der Waals surface area contributed by atoms with Crippen molar-refractivity contribution in [1.82, 2.24) is 5.43 Å². The second-order valence-corrected chi connectivity index (χ2v) is 5.23. The molecule has 8 nitrogen and oxygen atoms in total. The number of hydrogen-bond acceptors (Lipinski definition) is 8. The predicted octanol–water partition coefficient (Wildman–Crippen LogP) is 1.67. The number of phenolic OH excluding ortho intramolecular Hbond substituents is 1. The monoisotopic (exact) mass is 361 g/mol. The lowest BCUT2D eigenvalue weighted by Crippen LogP contribution is -2.23. The first-order chi connectivity index (χ1) is 12.5. The highest BCUT2D eigenvalue weighted by Gasteiger charge is 2.18. The van der Waals surface area contributed by atoms with Crippen LogP contribution in [0.5, 0.6) is 28.7 Å². The Labute approximate surface area is 151 Å². The van der Waals surface area contributed by atoms with E-state index in [4.69, 9.17) is 30.5 Å². The Bertz CT molecular complexity index is 821. The van der Waals surface area contributed by atoms with E-state index >= 15 is 0 Å². The topological polar surface area (TPSA) is 121 Å². The Balaban J connectivity index is 2.65. The second kappa shape index (κ2) is 8.21. The van der Waals surface area contributed by atoms with Crippen LogP contribution in [0.2, 0.25) is 0 Å². The maximum Gasteiger partial charge on any atom is 0.164 e. The number of hydrazine groups is 1. The van der Waals surface area contributed by atoms with Gasteiger partial charge in [-0.15, -0.1) is 0 Å². The van der Waals surface area contributed by atoms with E-state index in [0.717, 1.165) is 0 Å². The van der Waals surface area contributed by atoms with Gasteiger partial charge in [0.25, 0.3) is 0 Å². The summed E-state index contributed by atoms with van der Waals surface area (Å²) < 4.78 is 21.1. The number of nitrogens with two attached hydrogens (primary N) is 2. The van der Waals surface area contributed by atoms with Crippen LogP contribution in [0.15, 0.2) is 30.3 Å². The Hall–Kier alpha value is -3.26. The number of phenols is 1. The van der Waals surface area contributed by atoms with E-state index < -0.39 is 0 Å². The molecule has 0 amide bonds. The molecule has 0 unspecified atom stereocenters. The Morgan fingerprint density at radius 1 is 0.846 bits per heavy atom. The van der Waals surface area contributed by atoms with Gasteiger partial charge in [0.15, 0.2) is 23.0 Å². The molecule has 2 rings (SSSR count). The van der Waals surface area contributed by atoms with Gasteiger partial charge in [-0.05, 0) is 24.3 Å². The number of methoxy groups -OCH3 is 4. The summed E-state index contributed by atoms with van der Waals surface area (Å²) in [6.07, 6.45) is 0. The quantitative estimate of drug-likeness (QED) is 0.334. The molecule has 0 aliphatic rings. The molecule has 0 heterocycles. The number of ether oxygens (including phenoxy) is 4. The lowest BCUT2D eigenvalue weighted by Gasteiger charge is -2.17.